The lowest BCUT2D eigenvalue weighted by atomic mass is 9.95. The highest BCUT2D eigenvalue weighted by Gasteiger charge is 2.27. The van der Waals surface area contributed by atoms with Gasteiger partial charge in [-0.15, -0.1) is 0 Å². The fourth-order valence-electron chi connectivity index (χ4n) is 1.66. The van der Waals surface area contributed by atoms with E-state index in [9.17, 15) is 14.9 Å². The van der Waals surface area contributed by atoms with Crippen molar-refractivity contribution in [2.24, 2.45) is 0 Å². The Bertz CT molecular complexity index is 496. The van der Waals surface area contributed by atoms with Crippen molar-refractivity contribution >= 4 is 17.3 Å². The predicted molar refractivity (Wildman–Crippen MR) is 74.0 cm³/mol. The summed E-state index contributed by atoms with van der Waals surface area (Å²) in [6.07, 6.45) is 1.48. The molecule has 1 aromatic carbocycles. The molecular formula is C13H19N3O3. The van der Waals surface area contributed by atoms with Crippen LogP contribution in [0.5, 0.6) is 0 Å². The Kier molecular flexibility index (Phi) is 4.47. The third kappa shape index (κ3) is 3.43. The van der Waals surface area contributed by atoms with E-state index < -0.39 is 10.8 Å². The summed E-state index contributed by atoms with van der Waals surface area (Å²) in [4.78, 5) is 22.5. The molecule has 0 saturated carbocycles. The second-order valence-corrected chi connectivity index (χ2v) is 4.76. The summed E-state index contributed by atoms with van der Waals surface area (Å²) in [5.41, 5.74) is 5.30. The molecule has 6 nitrogen and oxygen atoms in total. The molecule has 0 bridgehead atoms. The monoisotopic (exact) mass is 265 g/mol. The maximum atomic E-state index is 12.2. The predicted octanol–water partition coefficient (Wildman–Crippen LogP) is 2.49. The van der Waals surface area contributed by atoms with Gasteiger partial charge in [0, 0.05) is 17.3 Å². The van der Waals surface area contributed by atoms with E-state index in [1.165, 1.54) is 18.2 Å². The first-order valence-electron chi connectivity index (χ1n) is 6.19. The van der Waals surface area contributed by atoms with Crippen molar-refractivity contribution < 1.29 is 9.72 Å². The number of hydrogen-bond acceptors (Lipinski definition) is 4. The number of rotatable bonds is 5. The summed E-state index contributed by atoms with van der Waals surface area (Å²) in [7, 11) is 0. The molecule has 0 atom stereocenters. The third-order valence-electron chi connectivity index (χ3n) is 3.44. The number of nitrogens with two attached hydrogens (primary N) is 1. The lowest BCUT2D eigenvalue weighted by Gasteiger charge is -2.28. The molecule has 0 aliphatic heterocycles. The molecule has 1 aromatic rings. The second-order valence-electron chi connectivity index (χ2n) is 4.76. The number of benzene rings is 1. The van der Waals surface area contributed by atoms with Gasteiger partial charge in [0.2, 0.25) is 0 Å². The van der Waals surface area contributed by atoms with Crippen LogP contribution in [-0.2, 0) is 0 Å². The molecule has 0 heterocycles. The van der Waals surface area contributed by atoms with Crippen LogP contribution in [0.3, 0.4) is 0 Å². The minimum absolute atomic E-state index is 0.00174. The van der Waals surface area contributed by atoms with Crippen LogP contribution in [0, 0.1) is 10.1 Å². The van der Waals surface area contributed by atoms with Crippen LogP contribution < -0.4 is 11.1 Å². The zero-order chi connectivity index (χ0) is 14.6. The first kappa shape index (κ1) is 14.9. The fraction of sp³-hybridized carbons (Fsp3) is 0.462. The normalized spacial score (nSPS) is 11.1. The summed E-state index contributed by atoms with van der Waals surface area (Å²) in [6, 6.07) is 3.99. The number of amides is 1. The zero-order valence-electron chi connectivity index (χ0n) is 11.4. The molecule has 1 rings (SSSR count). The Labute approximate surface area is 112 Å². The van der Waals surface area contributed by atoms with E-state index in [1.54, 1.807) is 0 Å². The van der Waals surface area contributed by atoms with Crippen LogP contribution >= 0.6 is 0 Å². The Balaban J connectivity index is 3.12. The molecule has 19 heavy (non-hydrogen) atoms. The number of nitro benzene ring substituents is 1. The van der Waals surface area contributed by atoms with Crippen LogP contribution in [-0.4, -0.2) is 16.4 Å². The van der Waals surface area contributed by atoms with Crippen molar-refractivity contribution in [3.8, 4) is 0 Å². The molecule has 0 spiro atoms. The number of nitrogen functional groups attached to an aromatic ring is 1. The molecule has 0 aliphatic carbocycles. The highest BCUT2D eigenvalue weighted by Crippen LogP contribution is 2.23. The van der Waals surface area contributed by atoms with Gasteiger partial charge >= 0.3 is 0 Å². The Morgan fingerprint density at radius 1 is 1.42 bits per heavy atom. The number of hydrogen-bond donors (Lipinski definition) is 2. The van der Waals surface area contributed by atoms with Crippen molar-refractivity contribution in [3.05, 3.63) is 33.9 Å². The number of carbonyl (C=O) groups excluding carboxylic acids is 1. The molecule has 0 aliphatic rings. The van der Waals surface area contributed by atoms with Crippen LogP contribution in [0.25, 0.3) is 0 Å². The molecule has 1 amide bonds. The molecule has 0 radical (unpaired) electrons. The van der Waals surface area contributed by atoms with E-state index in [0.717, 1.165) is 12.8 Å². The van der Waals surface area contributed by atoms with Crippen molar-refractivity contribution in [3.63, 3.8) is 0 Å². The van der Waals surface area contributed by atoms with Gasteiger partial charge in [0.1, 0.15) is 5.56 Å². The molecule has 0 unspecified atom stereocenters. The van der Waals surface area contributed by atoms with E-state index in [0.29, 0.717) is 5.69 Å². The minimum atomic E-state index is -0.580. The highest BCUT2D eigenvalue weighted by atomic mass is 16.6. The number of nitrogens with zero attached hydrogens (tertiary/aromatic N) is 1. The fourth-order valence-corrected chi connectivity index (χ4v) is 1.66. The Morgan fingerprint density at radius 2 is 2.00 bits per heavy atom. The second kappa shape index (κ2) is 5.69. The van der Waals surface area contributed by atoms with E-state index in [4.69, 9.17) is 5.73 Å². The first-order valence-corrected chi connectivity index (χ1v) is 6.19. The topological polar surface area (TPSA) is 98.3 Å². The van der Waals surface area contributed by atoms with Crippen LogP contribution in [0.2, 0.25) is 0 Å². The van der Waals surface area contributed by atoms with Gasteiger partial charge < -0.3 is 11.1 Å². The molecular weight excluding hydrogens is 246 g/mol. The van der Waals surface area contributed by atoms with Gasteiger partial charge in [0.15, 0.2) is 0 Å². The third-order valence-corrected chi connectivity index (χ3v) is 3.44. The Hall–Kier alpha value is -2.11. The summed E-state index contributed by atoms with van der Waals surface area (Å²) in [5.74, 6) is -0.467. The van der Waals surface area contributed by atoms with Gasteiger partial charge in [0.05, 0.1) is 4.92 Å². The molecule has 104 valence electrons. The van der Waals surface area contributed by atoms with E-state index >= 15 is 0 Å². The molecule has 0 fully saturated rings. The van der Waals surface area contributed by atoms with Crippen molar-refractivity contribution in [1.29, 1.82) is 0 Å². The van der Waals surface area contributed by atoms with Gasteiger partial charge in [-0.3, -0.25) is 14.9 Å². The summed E-state index contributed by atoms with van der Waals surface area (Å²) in [5, 5.41) is 13.8. The van der Waals surface area contributed by atoms with Crippen LogP contribution in [0.15, 0.2) is 18.2 Å². The number of anilines is 1. The van der Waals surface area contributed by atoms with Crippen LogP contribution in [0.1, 0.15) is 44.0 Å². The molecule has 6 heteroatoms. The van der Waals surface area contributed by atoms with Crippen molar-refractivity contribution in [2.75, 3.05) is 5.73 Å². The minimum Gasteiger partial charge on any atom is -0.399 e. The summed E-state index contributed by atoms with van der Waals surface area (Å²) < 4.78 is 0. The number of nitrogens with one attached hydrogen (secondary N) is 1. The maximum absolute atomic E-state index is 12.2. The lowest BCUT2D eigenvalue weighted by molar-refractivity contribution is -0.385. The highest BCUT2D eigenvalue weighted by molar-refractivity contribution is 5.99. The van der Waals surface area contributed by atoms with Gasteiger partial charge in [-0.2, -0.15) is 0 Å². The Morgan fingerprint density at radius 3 is 2.47 bits per heavy atom. The number of carbonyl (C=O) groups is 1. The largest absolute Gasteiger partial charge is 0.399 e. The van der Waals surface area contributed by atoms with Crippen LogP contribution in [0.4, 0.5) is 11.4 Å². The molecule has 0 saturated heterocycles. The van der Waals surface area contributed by atoms with Gasteiger partial charge in [0.25, 0.3) is 11.6 Å². The van der Waals surface area contributed by atoms with Crippen molar-refractivity contribution in [2.45, 2.75) is 39.2 Å². The summed E-state index contributed by atoms with van der Waals surface area (Å²) >= 11 is 0. The van der Waals surface area contributed by atoms with Crippen molar-refractivity contribution in [1.82, 2.24) is 5.32 Å². The van der Waals surface area contributed by atoms with E-state index in [-0.39, 0.29) is 16.8 Å². The SMILES string of the molecule is CCC(C)(CC)NC(=O)c1cc(N)ccc1[N+](=O)[O-]. The smallest absolute Gasteiger partial charge is 0.282 e. The summed E-state index contributed by atoms with van der Waals surface area (Å²) in [6.45, 7) is 5.82. The number of nitro groups is 1. The quantitative estimate of drug-likeness (QED) is 0.485. The van der Waals surface area contributed by atoms with Gasteiger partial charge in [-0.25, -0.2) is 0 Å². The van der Waals surface area contributed by atoms with Gasteiger partial charge in [-0.05, 0) is 31.9 Å². The zero-order valence-corrected chi connectivity index (χ0v) is 11.4. The average Bonchev–Trinajstić information content (AvgIpc) is 2.38. The molecule has 3 N–H and O–H groups in total. The lowest BCUT2D eigenvalue weighted by Crippen LogP contribution is -2.45. The molecule has 0 aromatic heterocycles. The van der Waals surface area contributed by atoms with E-state index in [2.05, 4.69) is 5.32 Å². The average molecular weight is 265 g/mol. The first-order chi connectivity index (χ1) is 8.83. The maximum Gasteiger partial charge on any atom is 0.282 e. The van der Waals surface area contributed by atoms with Gasteiger partial charge in [-0.1, -0.05) is 13.8 Å². The standard InChI is InChI=1S/C13H19N3O3/c1-4-13(3,5-2)15-12(17)10-8-9(14)6-7-11(10)16(18)19/h6-8H,4-5,14H2,1-3H3,(H,15,17). The van der Waals surface area contributed by atoms with E-state index in [1.807, 2.05) is 20.8 Å².